The average Bonchev–Trinajstić information content (AvgIpc) is 2.77. The number of aliphatic hydroxyl groups is 1. The monoisotopic (exact) mass is 407 g/mol. The van der Waals surface area contributed by atoms with E-state index in [0.29, 0.717) is 30.8 Å². The smallest absolute Gasteiger partial charge is 0.253 e. The molecule has 3 aromatic rings. The molecule has 1 heterocycles. The third-order valence-corrected chi connectivity index (χ3v) is 4.85. The van der Waals surface area contributed by atoms with Gasteiger partial charge in [-0.1, -0.05) is 30.3 Å². The number of amides is 1. The summed E-state index contributed by atoms with van der Waals surface area (Å²) >= 11 is 0. The van der Waals surface area contributed by atoms with E-state index in [1.54, 1.807) is 36.5 Å². The van der Waals surface area contributed by atoms with Gasteiger partial charge in [0.25, 0.3) is 5.91 Å². The highest BCUT2D eigenvalue weighted by Crippen LogP contribution is 2.13. The summed E-state index contributed by atoms with van der Waals surface area (Å²) in [4.78, 5) is 18.3. The van der Waals surface area contributed by atoms with Gasteiger partial charge in [-0.25, -0.2) is 4.39 Å². The van der Waals surface area contributed by atoms with Gasteiger partial charge in [-0.15, -0.1) is 0 Å². The lowest BCUT2D eigenvalue weighted by Crippen LogP contribution is -2.26. The van der Waals surface area contributed by atoms with Crippen LogP contribution in [0.3, 0.4) is 0 Å². The van der Waals surface area contributed by atoms with Crippen LogP contribution in [0.1, 0.15) is 33.2 Å². The molecule has 5 nitrogen and oxygen atoms in total. The molecule has 1 unspecified atom stereocenters. The van der Waals surface area contributed by atoms with Crippen molar-refractivity contribution in [2.24, 2.45) is 0 Å². The molecule has 2 N–H and O–H groups in total. The Labute approximate surface area is 176 Å². The van der Waals surface area contributed by atoms with Crippen LogP contribution in [0.4, 0.5) is 4.39 Å². The number of aliphatic hydroxyl groups excluding tert-OH is 1. The number of rotatable bonds is 9. The molecule has 0 spiro atoms. The first-order valence-corrected chi connectivity index (χ1v) is 9.90. The molecule has 0 saturated heterocycles. The van der Waals surface area contributed by atoms with Crippen molar-refractivity contribution >= 4 is 5.91 Å². The molecule has 1 aromatic heterocycles. The first-order chi connectivity index (χ1) is 14.5. The number of aromatic nitrogens is 1. The van der Waals surface area contributed by atoms with Crippen molar-refractivity contribution in [3.63, 3.8) is 0 Å². The first-order valence-electron chi connectivity index (χ1n) is 9.90. The fraction of sp³-hybridized carbons (Fsp3) is 0.250. The zero-order valence-electron chi connectivity index (χ0n) is 17.0. The topological polar surface area (TPSA) is 65.5 Å². The van der Waals surface area contributed by atoms with Gasteiger partial charge in [-0.3, -0.25) is 9.78 Å². The van der Waals surface area contributed by atoms with Crippen LogP contribution in [0.2, 0.25) is 0 Å². The van der Waals surface area contributed by atoms with E-state index in [2.05, 4.69) is 10.3 Å². The van der Waals surface area contributed by atoms with Gasteiger partial charge < -0.3 is 15.3 Å². The van der Waals surface area contributed by atoms with Crippen molar-refractivity contribution in [1.29, 1.82) is 0 Å². The summed E-state index contributed by atoms with van der Waals surface area (Å²) in [5, 5.41) is 13.3. The third-order valence-electron chi connectivity index (χ3n) is 4.85. The second-order valence-corrected chi connectivity index (χ2v) is 7.24. The lowest BCUT2D eigenvalue weighted by Gasteiger charge is -2.17. The SMILES string of the molecule is CN(Cc1cccnc1)C(=O)c1ccc(CCNCC(O)c2cccc(F)c2)cc1. The Morgan fingerprint density at radius 2 is 1.93 bits per heavy atom. The predicted octanol–water partition coefficient (Wildman–Crippen LogP) is 3.36. The van der Waals surface area contributed by atoms with Crippen LogP contribution in [-0.4, -0.2) is 41.0 Å². The molecule has 156 valence electrons. The highest BCUT2D eigenvalue weighted by Gasteiger charge is 2.12. The van der Waals surface area contributed by atoms with E-state index in [9.17, 15) is 14.3 Å². The number of benzene rings is 2. The molecular formula is C24H26FN3O2. The Hall–Kier alpha value is -3.09. The molecule has 3 rings (SSSR count). The van der Waals surface area contributed by atoms with E-state index in [-0.39, 0.29) is 11.7 Å². The number of halogens is 1. The van der Waals surface area contributed by atoms with Gasteiger partial charge >= 0.3 is 0 Å². The fourth-order valence-corrected chi connectivity index (χ4v) is 3.17. The third kappa shape index (κ3) is 6.20. The number of carbonyl (C=O) groups excluding carboxylic acids is 1. The van der Waals surface area contributed by atoms with Crippen LogP contribution in [0.15, 0.2) is 73.1 Å². The van der Waals surface area contributed by atoms with Crippen molar-refractivity contribution < 1.29 is 14.3 Å². The number of hydrogen-bond donors (Lipinski definition) is 2. The second-order valence-electron chi connectivity index (χ2n) is 7.24. The van der Waals surface area contributed by atoms with Crippen molar-refractivity contribution in [2.45, 2.75) is 19.1 Å². The average molecular weight is 407 g/mol. The molecule has 0 aliphatic carbocycles. The molecule has 0 aliphatic heterocycles. The Balaban J connectivity index is 1.44. The summed E-state index contributed by atoms with van der Waals surface area (Å²) in [6.07, 6.45) is 3.47. The molecule has 0 aliphatic rings. The largest absolute Gasteiger partial charge is 0.387 e. The fourth-order valence-electron chi connectivity index (χ4n) is 3.17. The molecule has 1 amide bonds. The highest BCUT2D eigenvalue weighted by molar-refractivity contribution is 5.94. The van der Waals surface area contributed by atoms with E-state index >= 15 is 0 Å². The minimum atomic E-state index is -0.754. The van der Waals surface area contributed by atoms with Crippen LogP contribution in [0.5, 0.6) is 0 Å². The van der Waals surface area contributed by atoms with E-state index < -0.39 is 6.10 Å². The van der Waals surface area contributed by atoms with Crippen LogP contribution in [0.25, 0.3) is 0 Å². The summed E-state index contributed by atoms with van der Waals surface area (Å²) in [6.45, 7) is 1.52. The number of pyridine rings is 1. The Morgan fingerprint density at radius 3 is 2.63 bits per heavy atom. The Bertz CT molecular complexity index is 948. The normalized spacial score (nSPS) is 11.8. The minimum Gasteiger partial charge on any atom is -0.387 e. The first kappa shape index (κ1) is 21.6. The number of nitrogens with one attached hydrogen (secondary N) is 1. The van der Waals surface area contributed by atoms with Gasteiger partial charge in [-0.2, -0.15) is 0 Å². The van der Waals surface area contributed by atoms with Crippen molar-refractivity contribution in [3.05, 3.63) is 101 Å². The van der Waals surface area contributed by atoms with Crippen molar-refractivity contribution in [3.8, 4) is 0 Å². The summed E-state index contributed by atoms with van der Waals surface area (Å²) in [7, 11) is 1.77. The molecule has 0 radical (unpaired) electrons. The van der Waals surface area contributed by atoms with Crippen molar-refractivity contribution in [1.82, 2.24) is 15.2 Å². The summed E-state index contributed by atoms with van der Waals surface area (Å²) in [5.74, 6) is -0.394. The van der Waals surface area contributed by atoms with Crippen LogP contribution < -0.4 is 5.32 Å². The predicted molar refractivity (Wildman–Crippen MR) is 114 cm³/mol. The van der Waals surface area contributed by atoms with Crippen molar-refractivity contribution in [2.75, 3.05) is 20.1 Å². The molecule has 2 aromatic carbocycles. The van der Waals surface area contributed by atoms with Crippen LogP contribution >= 0.6 is 0 Å². The maximum Gasteiger partial charge on any atom is 0.253 e. The van der Waals surface area contributed by atoms with E-state index in [0.717, 1.165) is 17.5 Å². The summed E-state index contributed by atoms with van der Waals surface area (Å²) in [6, 6.07) is 17.3. The van der Waals surface area contributed by atoms with Gasteiger partial charge in [-0.05, 0) is 60.0 Å². The summed E-state index contributed by atoms with van der Waals surface area (Å²) < 4.78 is 13.2. The second kappa shape index (κ2) is 10.6. The maximum atomic E-state index is 13.2. The zero-order valence-corrected chi connectivity index (χ0v) is 17.0. The highest BCUT2D eigenvalue weighted by atomic mass is 19.1. The molecule has 0 fully saturated rings. The van der Waals surface area contributed by atoms with Gasteiger partial charge in [0.15, 0.2) is 0 Å². The standard InChI is InChI=1S/C24H26FN3O2/c1-28(17-19-4-3-12-26-15-19)24(30)20-9-7-18(8-10-20)11-13-27-16-23(29)21-5-2-6-22(25)14-21/h2-10,12,14-15,23,27,29H,11,13,16-17H2,1H3. The lowest BCUT2D eigenvalue weighted by atomic mass is 10.1. The van der Waals surface area contributed by atoms with Gasteiger partial charge in [0.05, 0.1) is 6.10 Å². The van der Waals surface area contributed by atoms with E-state index in [1.165, 1.54) is 12.1 Å². The number of carbonyl (C=O) groups is 1. The molecule has 6 heteroatoms. The quantitative estimate of drug-likeness (QED) is 0.534. The molecule has 0 saturated carbocycles. The molecule has 1 atom stereocenters. The van der Waals surface area contributed by atoms with E-state index in [4.69, 9.17) is 0 Å². The van der Waals surface area contributed by atoms with Crippen LogP contribution in [0, 0.1) is 5.82 Å². The van der Waals surface area contributed by atoms with Gasteiger partial charge in [0.1, 0.15) is 5.82 Å². The number of nitrogens with zero attached hydrogens (tertiary/aromatic N) is 2. The molecule has 30 heavy (non-hydrogen) atoms. The summed E-state index contributed by atoms with van der Waals surface area (Å²) in [5.41, 5.74) is 3.27. The molecular weight excluding hydrogens is 381 g/mol. The zero-order chi connectivity index (χ0) is 21.3. The Morgan fingerprint density at radius 1 is 1.13 bits per heavy atom. The Kier molecular flexibility index (Phi) is 7.65. The number of hydrogen-bond acceptors (Lipinski definition) is 4. The lowest BCUT2D eigenvalue weighted by molar-refractivity contribution is 0.0785. The minimum absolute atomic E-state index is 0.0401. The van der Waals surface area contributed by atoms with Gasteiger partial charge in [0, 0.05) is 38.1 Å². The van der Waals surface area contributed by atoms with Crippen LogP contribution in [-0.2, 0) is 13.0 Å². The maximum absolute atomic E-state index is 13.2. The van der Waals surface area contributed by atoms with E-state index in [1.807, 2.05) is 36.4 Å². The van der Waals surface area contributed by atoms with Gasteiger partial charge in [0.2, 0.25) is 0 Å². The molecule has 0 bridgehead atoms.